The molecule has 0 N–H and O–H groups in total. The second-order valence-electron chi connectivity index (χ2n) is 10.4. The lowest BCUT2D eigenvalue weighted by Crippen LogP contribution is -2.27. The van der Waals surface area contributed by atoms with E-state index < -0.39 is 6.36 Å². The van der Waals surface area contributed by atoms with Gasteiger partial charge in [0.25, 0.3) is 0 Å². The van der Waals surface area contributed by atoms with Gasteiger partial charge in [0.05, 0.1) is 6.61 Å². The number of aryl methyl sites for hydroxylation is 1. The molecule has 2 fully saturated rings. The lowest BCUT2D eigenvalue weighted by atomic mass is 9.68. The molecule has 0 unspecified atom stereocenters. The average molecular weight is 521 g/mol. The molecule has 2 aliphatic rings. The molecule has 0 aromatic heterocycles. The summed E-state index contributed by atoms with van der Waals surface area (Å²) in [4.78, 5) is 0. The van der Waals surface area contributed by atoms with Crippen molar-refractivity contribution in [1.82, 2.24) is 0 Å². The molecule has 0 heterocycles. The van der Waals surface area contributed by atoms with Crippen molar-refractivity contribution in [3.05, 3.63) is 71.3 Å². The largest absolute Gasteiger partial charge is 0.573 e. The number of ether oxygens (including phenoxy) is 2. The Balaban J connectivity index is 1.15. The summed E-state index contributed by atoms with van der Waals surface area (Å²) in [5.41, 5.74) is 3.99. The Morgan fingerprint density at radius 1 is 0.778 bits per heavy atom. The van der Waals surface area contributed by atoms with E-state index in [0.717, 1.165) is 55.4 Å². The summed E-state index contributed by atoms with van der Waals surface area (Å²) in [6, 6.07) is 14.9. The van der Waals surface area contributed by atoms with Crippen LogP contribution in [0.2, 0.25) is 0 Å². The van der Waals surface area contributed by atoms with E-state index in [-0.39, 0.29) is 5.75 Å². The van der Waals surface area contributed by atoms with E-state index >= 15 is 0 Å². The minimum atomic E-state index is -4.64. The second kappa shape index (κ2) is 12.9. The van der Waals surface area contributed by atoms with Crippen LogP contribution in [-0.2, 0) is 6.42 Å². The van der Waals surface area contributed by atoms with Crippen molar-refractivity contribution in [2.75, 3.05) is 6.61 Å². The first-order valence-electron chi connectivity index (χ1n) is 13.2. The van der Waals surface area contributed by atoms with Gasteiger partial charge in [-0.25, -0.2) is 0 Å². The normalized spacial score (nSPS) is 25.1. The van der Waals surface area contributed by atoms with E-state index in [1.54, 1.807) is 17.7 Å². The zero-order valence-electron chi connectivity index (χ0n) is 20.7. The van der Waals surface area contributed by atoms with Crippen LogP contribution < -0.4 is 9.47 Å². The fourth-order valence-corrected chi connectivity index (χ4v) is 6.10. The number of hydrogen-bond donors (Lipinski definition) is 0. The molecule has 36 heavy (non-hydrogen) atoms. The average Bonchev–Trinajstić information content (AvgIpc) is 2.88. The third kappa shape index (κ3) is 8.19. The highest BCUT2D eigenvalue weighted by Gasteiger charge is 2.33. The van der Waals surface area contributed by atoms with Crippen LogP contribution >= 0.6 is 11.6 Å². The number of hydrogen-bond acceptors (Lipinski definition) is 2. The van der Waals surface area contributed by atoms with E-state index in [4.69, 9.17) is 16.3 Å². The van der Waals surface area contributed by atoms with Crippen LogP contribution in [0, 0.1) is 17.8 Å². The standard InChI is InChI=1S/C30H36ClF3O2/c31-20-2-1-3-22-6-16-28(17-7-22)35-21-23-4-8-24(9-5-23)25-10-12-26(13-11-25)27-14-18-29(19-15-27)36-30(32,33)34/h2,6-7,14-20,23-26H,1,3-5,8-13,21H2/b20-2+. The number of allylic oxidation sites excluding steroid dienone is 1. The molecule has 0 atom stereocenters. The highest BCUT2D eigenvalue weighted by Crippen LogP contribution is 2.44. The predicted octanol–water partition coefficient (Wildman–Crippen LogP) is 9.43. The van der Waals surface area contributed by atoms with Crippen LogP contribution in [0.25, 0.3) is 0 Å². The topological polar surface area (TPSA) is 18.5 Å². The van der Waals surface area contributed by atoms with E-state index in [1.165, 1.54) is 56.2 Å². The van der Waals surface area contributed by atoms with Gasteiger partial charge >= 0.3 is 6.36 Å². The Labute approximate surface area is 217 Å². The van der Waals surface area contributed by atoms with Crippen LogP contribution in [0.3, 0.4) is 0 Å². The van der Waals surface area contributed by atoms with Gasteiger partial charge in [-0.3, -0.25) is 0 Å². The van der Waals surface area contributed by atoms with E-state index in [0.29, 0.717) is 11.8 Å². The van der Waals surface area contributed by atoms with Gasteiger partial charge < -0.3 is 9.47 Å². The van der Waals surface area contributed by atoms with Gasteiger partial charge in [-0.1, -0.05) is 41.9 Å². The molecule has 2 aromatic rings. The molecule has 0 spiro atoms. The van der Waals surface area contributed by atoms with Gasteiger partial charge in [-0.2, -0.15) is 0 Å². The summed E-state index contributed by atoms with van der Waals surface area (Å²) in [5, 5.41) is 0. The minimum Gasteiger partial charge on any atom is -0.493 e. The molecule has 0 bridgehead atoms. The van der Waals surface area contributed by atoms with Gasteiger partial charge in [-0.05, 0) is 123 Å². The van der Waals surface area contributed by atoms with Gasteiger partial charge in [0, 0.05) is 5.54 Å². The zero-order chi connectivity index (χ0) is 25.4. The van der Waals surface area contributed by atoms with Gasteiger partial charge in [0.15, 0.2) is 0 Å². The third-order valence-corrected chi connectivity index (χ3v) is 8.19. The lowest BCUT2D eigenvalue weighted by molar-refractivity contribution is -0.274. The molecule has 2 aromatic carbocycles. The Bertz CT molecular complexity index is 940. The maximum Gasteiger partial charge on any atom is 0.573 e. The van der Waals surface area contributed by atoms with Crippen molar-refractivity contribution in [3.63, 3.8) is 0 Å². The Kier molecular flexibility index (Phi) is 9.64. The van der Waals surface area contributed by atoms with Crippen molar-refractivity contribution in [2.24, 2.45) is 17.8 Å². The van der Waals surface area contributed by atoms with E-state index in [9.17, 15) is 13.2 Å². The Morgan fingerprint density at radius 3 is 1.94 bits per heavy atom. The zero-order valence-corrected chi connectivity index (χ0v) is 21.4. The van der Waals surface area contributed by atoms with Crippen molar-refractivity contribution in [3.8, 4) is 11.5 Å². The third-order valence-electron chi connectivity index (χ3n) is 8.01. The molecule has 2 saturated carbocycles. The van der Waals surface area contributed by atoms with Gasteiger partial charge in [0.2, 0.25) is 0 Å². The molecule has 0 radical (unpaired) electrons. The lowest BCUT2D eigenvalue weighted by Gasteiger charge is -2.38. The molecular weight excluding hydrogens is 485 g/mol. The van der Waals surface area contributed by atoms with E-state index in [2.05, 4.69) is 29.0 Å². The second-order valence-corrected chi connectivity index (χ2v) is 10.6. The predicted molar refractivity (Wildman–Crippen MR) is 139 cm³/mol. The summed E-state index contributed by atoms with van der Waals surface area (Å²) < 4.78 is 47.2. The first-order chi connectivity index (χ1) is 17.4. The minimum absolute atomic E-state index is 0.145. The molecule has 4 rings (SSSR count). The molecular formula is C30H36ClF3O2. The van der Waals surface area contributed by atoms with Crippen molar-refractivity contribution in [1.29, 1.82) is 0 Å². The number of alkyl halides is 3. The summed E-state index contributed by atoms with van der Waals surface area (Å²) in [7, 11) is 0. The summed E-state index contributed by atoms with van der Waals surface area (Å²) in [6.45, 7) is 0.793. The Morgan fingerprint density at radius 2 is 1.36 bits per heavy atom. The maximum absolute atomic E-state index is 12.4. The Hall–Kier alpha value is -2.14. The molecule has 0 saturated heterocycles. The fraction of sp³-hybridized carbons (Fsp3) is 0.533. The van der Waals surface area contributed by atoms with Crippen LogP contribution in [0.5, 0.6) is 11.5 Å². The monoisotopic (exact) mass is 520 g/mol. The molecule has 0 aliphatic heterocycles. The SMILES string of the molecule is FC(F)(F)Oc1ccc(C2CCC(C3CCC(COc4ccc(CC/C=C/Cl)cc4)CC3)CC2)cc1. The van der Waals surface area contributed by atoms with E-state index in [1.807, 2.05) is 6.08 Å². The smallest absolute Gasteiger partial charge is 0.493 e. The first-order valence-corrected chi connectivity index (χ1v) is 13.7. The van der Waals surface area contributed by atoms with Crippen molar-refractivity contribution < 1.29 is 22.6 Å². The first kappa shape index (κ1) is 26.9. The summed E-state index contributed by atoms with van der Waals surface area (Å²) in [6.07, 6.45) is 8.93. The quantitative estimate of drug-likeness (QED) is 0.328. The number of rotatable bonds is 9. The van der Waals surface area contributed by atoms with Crippen LogP contribution in [0.4, 0.5) is 13.2 Å². The van der Waals surface area contributed by atoms with Crippen LogP contribution in [-0.4, -0.2) is 13.0 Å². The number of halogens is 4. The number of benzene rings is 2. The molecule has 196 valence electrons. The molecule has 2 aliphatic carbocycles. The van der Waals surface area contributed by atoms with Crippen LogP contribution in [0.15, 0.2) is 60.1 Å². The fourth-order valence-electron chi connectivity index (χ4n) is 5.97. The van der Waals surface area contributed by atoms with Gasteiger partial charge in [-0.15, -0.1) is 13.2 Å². The van der Waals surface area contributed by atoms with Gasteiger partial charge in [0.1, 0.15) is 11.5 Å². The molecule has 2 nitrogen and oxygen atoms in total. The highest BCUT2D eigenvalue weighted by atomic mass is 35.5. The van der Waals surface area contributed by atoms with Crippen molar-refractivity contribution in [2.45, 2.75) is 76.5 Å². The molecule has 0 amide bonds. The van der Waals surface area contributed by atoms with Crippen molar-refractivity contribution >= 4 is 11.6 Å². The maximum atomic E-state index is 12.4. The summed E-state index contributed by atoms with van der Waals surface area (Å²) >= 11 is 5.58. The summed E-state index contributed by atoms with van der Waals surface area (Å²) in [5.74, 6) is 3.44. The highest BCUT2D eigenvalue weighted by molar-refractivity contribution is 6.25. The molecule has 6 heteroatoms. The van der Waals surface area contributed by atoms with Crippen LogP contribution in [0.1, 0.15) is 74.8 Å².